The number of aromatic nitrogens is 4. The van der Waals surface area contributed by atoms with Crippen molar-refractivity contribution in [3.8, 4) is 11.4 Å². The molecule has 0 bridgehead atoms. The Bertz CT molecular complexity index is 956. The van der Waals surface area contributed by atoms with Crippen molar-refractivity contribution in [1.29, 1.82) is 0 Å². The molecule has 2 aliphatic rings. The SMILES string of the molecule is O=C(CN1CCN(c2ccc3nnc(-c4ccsc4)n3n2)CC1)N1CCCC1. The molecule has 0 saturated carbocycles. The van der Waals surface area contributed by atoms with Gasteiger partial charge in [-0.25, -0.2) is 0 Å². The fraction of sp³-hybridized carbons (Fsp3) is 0.474. The van der Waals surface area contributed by atoms with Crippen molar-refractivity contribution in [2.45, 2.75) is 12.8 Å². The lowest BCUT2D eigenvalue weighted by Crippen LogP contribution is -2.50. The fourth-order valence-electron chi connectivity index (χ4n) is 3.91. The van der Waals surface area contributed by atoms with E-state index in [-0.39, 0.29) is 5.91 Å². The van der Waals surface area contributed by atoms with Crippen LogP contribution in [-0.4, -0.2) is 81.3 Å². The van der Waals surface area contributed by atoms with E-state index in [0.717, 1.165) is 75.0 Å². The Labute approximate surface area is 167 Å². The predicted octanol–water partition coefficient (Wildman–Crippen LogP) is 1.60. The van der Waals surface area contributed by atoms with Gasteiger partial charge in [0.1, 0.15) is 5.82 Å². The van der Waals surface area contributed by atoms with Crippen LogP contribution in [0.4, 0.5) is 5.82 Å². The van der Waals surface area contributed by atoms with Gasteiger partial charge < -0.3 is 9.80 Å². The second kappa shape index (κ2) is 7.48. The minimum Gasteiger partial charge on any atom is -0.353 e. The van der Waals surface area contributed by atoms with Crippen molar-refractivity contribution < 1.29 is 4.79 Å². The van der Waals surface area contributed by atoms with E-state index in [1.807, 2.05) is 33.0 Å². The second-order valence-electron chi connectivity index (χ2n) is 7.35. The van der Waals surface area contributed by atoms with Crippen LogP contribution < -0.4 is 4.90 Å². The maximum Gasteiger partial charge on any atom is 0.236 e. The lowest BCUT2D eigenvalue weighted by Gasteiger charge is -2.35. The Balaban J connectivity index is 1.26. The Kier molecular flexibility index (Phi) is 4.69. The monoisotopic (exact) mass is 397 g/mol. The van der Waals surface area contributed by atoms with Gasteiger partial charge in [-0.1, -0.05) is 0 Å². The third-order valence-electron chi connectivity index (χ3n) is 5.54. The summed E-state index contributed by atoms with van der Waals surface area (Å²) in [5.41, 5.74) is 1.78. The van der Waals surface area contributed by atoms with Crippen LogP contribution in [0, 0.1) is 0 Å². The molecule has 8 nitrogen and oxygen atoms in total. The molecule has 0 aliphatic carbocycles. The molecule has 2 fully saturated rings. The number of fused-ring (bicyclic) bond motifs is 1. The minimum atomic E-state index is 0.274. The lowest BCUT2D eigenvalue weighted by atomic mass is 10.3. The van der Waals surface area contributed by atoms with Crippen molar-refractivity contribution in [2.24, 2.45) is 0 Å². The highest BCUT2D eigenvalue weighted by Gasteiger charge is 2.24. The van der Waals surface area contributed by atoms with Crippen LogP contribution in [0.3, 0.4) is 0 Å². The summed E-state index contributed by atoms with van der Waals surface area (Å²) in [5.74, 6) is 1.97. The molecule has 3 aromatic heterocycles. The summed E-state index contributed by atoms with van der Waals surface area (Å²) < 4.78 is 1.82. The van der Waals surface area contributed by atoms with Crippen molar-refractivity contribution >= 4 is 28.7 Å². The van der Waals surface area contributed by atoms with Crippen molar-refractivity contribution in [3.05, 3.63) is 29.0 Å². The van der Waals surface area contributed by atoms with Gasteiger partial charge >= 0.3 is 0 Å². The van der Waals surface area contributed by atoms with Gasteiger partial charge in [0.15, 0.2) is 11.5 Å². The summed E-state index contributed by atoms with van der Waals surface area (Å²) in [7, 11) is 0. The highest BCUT2D eigenvalue weighted by Crippen LogP contribution is 2.22. The van der Waals surface area contributed by atoms with Gasteiger partial charge in [0.05, 0.1) is 6.54 Å². The fourth-order valence-corrected chi connectivity index (χ4v) is 4.55. The normalized spacial score (nSPS) is 18.3. The largest absolute Gasteiger partial charge is 0.353 e. The molecule has 146 valence electrons. The molecule has 2 saturated heterocycles. The van der Waals surface area contributed by atoms with Crippen LogP contribution in [0.5, 0.6) is 0 Å². The molecule has 28 heavy (non-hydrogen) atoms. The number of piperazine rings is 1. The first-order chi connectivity index (χ1) is 13.8. The molecule has 5 rings (SSSR count). The third kappa shape index (κ3) is 3.35. The number of likely N-dealkylation sites (tertiary alicyclic amines) is 1. The molecule has 0 aromatic carbocycles. The molecule has 5 heterocycles. The highest BCUT2D eigenvalue weighted by atomic mass is 32.1. The molecule has 0 N–H and O–H groups in total. The second-order valence-corrected chi connectivity index (χ2v) is 8.13. The zero-order valence-corrected chi connectivity index (χ0v) is 16.5. The van der Waals surface area contributed by atoms with E-state index in [9.17, 15) is 4.79 Å². The smallest absolute Gasteiger partial charge is 0.236 e. The standard InChI is InChI=1S/C19H23N7OS/c27-18(25-6-1-2-7-25)13-23-8-10-24(11-9-23)17-4-3-16-20-21-19(26(16)22-17)15-5-12-28-14-15/h3-5,12,14H,1-2,6-11,13H2. The van der Waals surface area contributed by atoms with Gasteiger partial charge in [-0.2, -0.15) is 15.9 Å². The topological polar surface area (TPSA) is 69.9 Å². The van der Waals surface area contributed by atoms with Gasteiger partial charge in [0.25, 0.3) is 0 Å². The first-order valence-electron chi connectivity index (χ1n) is 9.78. The average Bonchev–Trinajstić information content (AvgIpc) is 3.49. The van der Waals surface area contributed by atoms with E-state index < -0.39 is 0 Å². The van der Waals surface area contributed by atoms with Gasteiger partial charge in [0, 0.05) is 50.2 Å². The number of thiophene rings is 1. The number of nitrogens with zero attached hydrogens (tertiary/aromatic N) is 7. The van der Waals surface area contributed by atoms with Crippen molar-refractivity contribution in [3.63, 3.8) is 0 Å². The summed E-state index contributed by atoms with van der Waals surface area (Å²) in [4.78, 5) is 18.9. The van der Waals surface area contributed by atoms with Gasteiger partial charge in [-0.15, -0.1) is 15.3 Å². The minimum absolute atomic E-state index is 0.274. The number of amides is 1. The van der Waals surface area contributed by atoms with E-state index in [4.69, 9.17) is 5.10 Å². The first kappa shape index (κ1) is 17.6. The molecule has 2 aliphatic heterocycles. The van der Waals surface area contributed by atoms with Crippen molar-refractivity contribution in [2.75, 3.05) is 50.7 Å². The number of hydrogen-bond acceptors (Lipinski definition) is 7. The van der Waals surface area contributed by atoms with Crippen LogP contribution >= 0.6 is 11.3 Å². The summed E-state index contributed by atoms with van der Waals surface area (Å²) in [6.45, 7) is 5.86. The summed E-state index contributed by atoms with van der Waals surface area (Å²) in [5, 5.41) is 17.4. The number of rotatable bonds is 4. The van der Waals surface area contributed by atoms with Crippen LogP contribution in [-0.2, 0) is 4.79 Å². The number of hydrogen-bond donors (Lipinski definition) is 0. The Morgan fingerprint density at radius 2 is 1.82 bits per heavy atom. The van der Waals surface area contributed by atoms with E-state index in [2.05, 4.69) is 25.4 Å². The Hall–Kier alpha value is -2.52. The highest BCUT2D eigenvalue weighted by molar-refractivity contribution is 7.08. The van der Waals surface area contributed by atoms with E-state index >= 15 is 0 Å². The third-order valence-corrected chi connectivity index (χ3v) is 6.23. The number of carbonyl (C=O) groups excluding carboxylic acids is 1. The molecular weight excluding hydrogens is 374 g/mol. The summed E-state index contributed by atoms with van der Waals surface area (Å²) >= 11 is 1.64. The van der Waals surface area contributed by atoms with E-state index in [0.29, 0.717) is 6.54 Å². The van der Waals surface area contributed by atoms with E-state index in [1.54, 1.807) is 11.3 Å². The molecule has 1 amide bonds. The zero-order chi connectivity index (χ0) is 18.9. The Morgan fingerprint density at radius 3 is 2.57 bits per heavy atom. The maximum atomic E-state index is 12.4. The van der Waals surface area contributed by atoms with Crippen molar-refractivity contribution in [1.82, 2.24) is 29.6 Å². The first-order valence-corrected chi connectivity index (χ1v) is 10.7. The summed E-state index contributed by atoms with van der Waals surface area (Å²) in [6.07, 6.45) is 2.29. The van der Waals surface area contributed by atoms with Gasteiger partial charge in [-0.3, -0.25) is 9.69 Å². The van der Waals surface area contributed by atoms with Crippen LogP contribution in [0.25, 0.3) is 17.0 Å². The van der Waals surface area contributed by atoms with Crippen LogP contribution in [0.2, 0.25) is 0 Å². The zero-order valence-electron chi connectivity index (χ0n) is 15.7. The molecule has 3 aromatic rings. The molecular formula is C19H23N7OS. The molecule has 0 spiro atoms. The number of carbonyl (C=O) groups is 1. The van der Waals surface area contributed by atoms with Crippen LogP contribution in [0.15, 0.2) is 29.0 Å². The lowest BCUT2D eigenvalue weighted by molar-refractivity contribution is -0.131. The predicted molar refractivity (Wildman–Crippen MR) is 109 cm³/mol. The molecule has 0 unspecified atom stereocenters. The number of anilines is 1. The molecule has 0 atom stereocenters. The quantitative estimate of drug-likeness (QED) is 0.666. The van der Waals surface area contributed by atoms with Gasteiger partial charge in [-0.05, 0) is 36.4 Å². The summed E-state index contributed by atoms with van der Waals surface area (Å²) in [6, 6.07) is 6.01. The molecule has 9 heteroatoms. The average molecular weight is 398 g/mol. The Morgan fingerprint density at radius 1 is 1.00 bits per heavy atom. The van der Waals surface area contributed by atoms with E-state index in [1.165, 1.54) is 0 Å². The van der Waals surface area contributed by atoms with Crippen LogP contribution in [0.1, 0.15) is 12.8 Å². The maximum absolute atomic E-state index is 12.4. The molecule has 0 radical (unpaired) electrons. The van der Waals surface area contributed by atoms with Gasteiger partial charge in [0.2, 0.25) is 5.91 Å².